The van der Waals surface area contributed by atoms with Crippen LogP contribution in [-0.2, 0) is 11.3 Å². The zero-order valence-electron chi connectivity index (χ0n) is 15.2. The van der Waals surface area contributed by atoms with Gasteiger partial charge in [0.05, 0.1) is 14.2 Å². The van der Waals surface area contributed by atoms with Crippen molar-refractivity contribution in [1.29, 1.82) is 0 Å². The van der Waals surface area contributed by atoms with E-state index in [1.807, 2.05) is 18.2 Å². The molecule has 2 aliphatic rings. The van der Waals surface area contributed by atoms with Gasteiger partial charge in [0.15, 0.2) is 11.5 Å². The molecular weight excluding hydrogens is 328 g/mol. The molecule has 0 atom stereocenters. The third-order valence-corrected chi connectivity index (χ3v) is 4.95. The molecule has 26 heavy (non-hydrogen) atoms. The Morgan fingerprint density at radius 2 is 1.77 bits per heavy atom. The van der Waals surface area contributed by atoms with Crippen LogP contribution in [-0.4, -0.2) is 40.4 Å². The fourth-order valence-electron chi connectivity index (χ4n) is 3.47. The van der Waals surface area contributed by atoms with Gasteiger partial charge in [-0.25, -0.2) is 0 Å². The van der Waals surface area contributed by atoms with Crippen LogP contribution in [0.15, 0.2) is 36.4 Å². The zero-order valence-corrected chi connectivity index (χ0v) is 15.2. The third-order valence-electron chi connectivity index (χ3n) is 4.95. The molecule has 2 heterocycles. The fourth-order valence-corrected chi connectivity index (χ4v) is 3.47. The Labute approximate surface area is 154 Å². The summed E-state index contributed by atoms with van der Waals surface area (Å²) in [5, 5.41) is 3.39. The van der Waals surface area contributed by atoms with Crippen molar-refractivity contribution in [3.63, 3.8) is 0 Å². The number of hydrogen-bond donors (Lipinski definition) is 1. The number of fused-ring (bicyclic) bond motifs is 1. The second-order valence-corrected chi connectivity index (χ2v) is 6.49. The first kappa shape index (κ1) is 16.8. The predicted octanol–water partition coefficient (Wildman–Crippen LogP) is 3.14. The maximum atomic E-state index is 6.04. The van der Waals surface area contributed by atoms with Crippen molar-refractivity contribution in [2.24, 2.45) is 0 Å². The summed E-state index contributed by atoms with van der Waals surface area (Å²) in [5.41, 5.74) is 4.70. The van der Waals surface area contributed by atoms with E-state index in [0.29, 0.717) is 18.1 Å². The first-order valence-corrected chi connectivity index (χ1v) is 8.94. The van der Waals surface area contributed by atoms with Crippen LogP contribution in [0.2, 0.25) is 0 Å². The summed E-state index contributed by atoms with van der Waals surface area (Å²) < 4.78 is 16.8. The molecule has 0 saturated carbocycles. The second kappa shape index (κ2) is 7.30. The van der Waals surface area contributed by atoms with Crippen LogP contribution in [0.25, 0.3) is 11.8 Å². The third kappa shape index (κ3) is 3.22. The Hall–Kier alpha value is -2.66. The van der Waals surface area contributed by atoms with Crippen molar-refractivity contribution >= 4 is 17.5 Å². The number of methoxy groups -OCH3 is 2. The number of benzene rings is 2. The number of hydrogen-bond acceptors (Lipinski definition) is 5. The predicted molar refractivity (Wildman–Crippen MR) is 104 cm³/mol. The monoisotopic (exact) mass is 352 g/mol. The molecule has 0 aromatic heterocycles. The van der Waals surface area contributed by atoms with Gasteiger partial charge in [-0.05, 0) is 47.5 Å². The average molecular weight is 352 g/mol. The summed E-state index contributed by atoms with van der Waals surface area (Å²) in [6.45, 7) is 4.75. The number of rotatable bonds is 4. The molecule has 5 heteroatoms. The highest BCUT2D eigenvalue weighted by molar-refractivity contribution is 5.81. The van der Waals surface area contributed by atoms with Crippen LogP contribution in [0.3, 0.4) is 0 Å². The molecule has 0 amide bonds. The van der Waals surface area contributed by atoms with Gasteiger partial charge in [-0.2, -0.15) is 0 Å². The van der Waals surface area contributed by atoms with Gasteiger partial charge >= 0.3 is 0 Å². The van der Waals surface area contributed by atoms with Gasteiger partial charge in [0.2, 0.25) is 0 Å². The lowest BCUT2D eigenvalue weighted by molar-refractivity contribution is 0.262. The van der Waals surface area contributed by atoms with E-state index in [2.05, 4.69) is 34.5 Å². The molecule has 0 bridgehead atoms. The SMILES string of the molecule is COc1ccc(C2=Cc3ccc(N4CCNCC4)cc3CO2)cc1OC. The molecule has 1 fully saturated rings. The molecule has 1 N–H and O–H groups in total. The molecule has 2 aromatic rings. The fraction of sp³-hybridized carbons (Fsp3) is 0.333. The van der Waals surface area contributed by atoms with Crippen molar-refractivity contribution in [2.45, 2.75) is 6.61 Å². The summed E-state index contributed by atoms with van der Waals surface area (Å²) in [6, 6.07) is 12.5. The molecular formula is C21H24N2O3. The molecule has 0 aliphatic carbocycles. The van der Waals surface area contributed by atoms with Crippen LogP contribution in [0.5, 0.6) is 11.5 Å². The van der Waals surface area contributed by atoms with Crippen LogP contribution >= 0.6 is 0 Å². The van der Waals surface area contributed by atoms with Gasteiger partial charge in [-0.1, -0.05) is 6.07 Å². The van der Waals surface area contributed by atoms with Crippen LogP contribution in [0.4, 0.5) is 5.69 Å². The van der Waals surface area contributed by atoms with Crippen LogP contribution < -0.4 is 19.7 Å². The zero-order chi connectivity index (χ0) is 17.9. The summed E-state index contributed by atoms with van der Waals surface area (Å²) in [6.07, 6.45) is 2.10. The lowest BCUT2D eigenvalue weighted by Crippen LogP contribution is -2.43. The van der Waals surface area contributed by atoms with Gasteiger partial charge in [0.25, 0.3) is 0 Å². The molecule has 0 spiro atoms. The minimum atomic E-state index is 0.579. The number of anilines is 1. The summed E-state index contributed by atoms with van der Waals surface area (Å²) in [4.78, 5) is 2.42. The lowest BCUT2D eigenvalue weighted by Gasteiger charge is -2.30. The van der Waals surface area contributed by atoms with E-state index < -0.39 is 0 Å². The Kier molecular flexibility index (Phi) is 4.71. The molecule has 0 radical (unpaired) electrons. The van der Waals surface area contributed by atoms with Crippen LogP contribution in [0, 0.1) is 0 Å². The quantitative estimate of drug-likeness (QED) is 0.916. The largest absolute Gasteiger partial charge is 0.493 e. The minimum absolute atomic E-state index is 0.579. The van der Waals surface area contributed by atoms with Gasteiger partial charge in [-0.15, -0.1) is 0 Å². The number of ether oxygens (including phenoxy) is 3. The Bertz CT molecular complexity index is 826. The first-order chi connectivity index (χ1) is 12.8. The van der Waals surface area contributed by atoms with E-state index in [1.165, 1.54) is 16.8 Å². The van der Waals surface area contributed by atoms with Crippen LogP contribution in [0.1, 0.15) is 16.7 Å². The van der Waals surface area contributed by atoms with Crippen molar-refractivity contribution in [2.75, 3.05) is 45.3 Å². The maximum Gasteiger partial charge on any atom is 0.161 e. The van der Waals surface area contributed by atoms with E-state index in [0.717, 1.165) is 37.5 Å². The molecule has 5 nitrogen and oxygen atoms in total. The molecule has 4 rings (SSSR count). The molecule has 1 saturated heterocycles. The topological polar surface area (TPSA) is 43.0 Å². The number of nitrogens with zero attached hydrogens (tertiary/aromatic N) is 1. The van der Waals surface area contributed by atoms with E-state index in [1.54, 1.807) is 14.2 Å². The minimum Gasteiger partial charge on any atom is -0.493 e. The van der Waals surface area contributed by atoms with Gasteiger partial charge in [0, 0.05) is 37.4 Å². The summed E-state index contributed by atoms with van der Waals surface area (Å²) in [5.74, 6) is 2.27. The highest BCUT2D eigenvalue weighted by Crippen LogP contribution is 2.35. The van der Waals surface area contributed by atoms with E-state index >= 15 is 0 Å². The van der Waals surface area contributed by atoms with Crippen molar-refractivity contribution < 1.29 is 14.2 Å². The van der Waals surface area contributed by atoms with E-state index in [-0.39, 0.29) is 0 Å². The van der Waals surface area contributed by atoms with Crippen molar-refractivity contribution in [3.8, 4) is 11.5 Å². The highest BCUT2D eigenvalue weighted by Gasteiger charge is 2.17. The highest BCUT2D eigenvalue weighted by atomic mass is 16.5. The van der Waals surface area contributed by atoms with Gasteiger partial charge in [-0.3, -0.25) is 0 Å². The normalized spacial score (nSPS) is 16.4. The lowest BCUT2D eigenvalue weighted by atomic mass is 10.0. The Morgan fingerprint density at radius 3 is 2.54 bits per heavy atom. The molecule has 2 aliphatic heterocycles. The number of piperazine rings is 1. The summed E-state index contributed by atoms with van der Waals surface area (Å²) >= 11 is 0. The molecule has 0 unspecified atom stereocenters. The number of nitrogens with one attached hydrogen (secondary N) is 1. The average Bonchev–Trinajstić information content (AvgIpc) is 2.73. The maximum absolute atomic E-state index is 6.04. The van der Waals surface area contributed by atoms with Gasteiger partial charge in [0.1, 0.15) is 12.4 Å². The van der Waals surface area contributed by atoms with E-state index in [9.17, 15) is 0 Å². The first-order valence-electron chi connectivity index (χ1n) is 8.94. The Morgan fingerprint density at radius 1 is 0.962 bits per heavy atom. The van der Waals surface area contributed by atoms with Gasteiger partial charge < -0.3 is 24.4 Å². The van der Waals surface area contributed by atoms with Crippen molar-refractivity contribution in [1.82, 2.24) is 5.32 Å². The van der Waals surface area contributed by atoms with E-state index in [4.69, 9.17) is 14.2 Å². The Balaban J connectivity index is 1.61. The molecule has 2 aromatic carbocycles. The summed E-state index contributed by atoms with van der Waals surface area (Å²) in [7, 11) is 3.28. The molecule has 136 valence electrons. The second-order valence-electron chi connectivity index (χ2n) is 6.49. The smallest absolute Gasteiger partial charge is 0.161 e. The standard InChI is InChI=1S/C21H24N2O3/c1-24-19-6-4-16(13-21(19)25-2)20-12-15-3-5-18(11-17(15)14-26-20)23-9-7-22-8-10-23/h3-6,11-13,22H,7-10,14H2,1-2H3. The van der Waals surface area contributed by atoms with Crippen molar-refractivity contribution in [3.05, 3.63) is 53.1 Å².